The Kier molecular flexibility index (Phi) is 6.35. The fourth-order valence-electron chi connectivity index (χ4n) is 3.27. The van der Waals surface area contributed by atoms with E-state index < -0.39 is 0 Å². The van der Waals surface area contributed by atoms with Crippen LogP contribution >= 0.6 is 0 Å². The Balaban J connectivity index is 1.65. The number of nitrogens with zero attached hydrogens (tertiary/aromatic N) is 1. The zero-order valence-corrected chi connectivity index (χ0v) is 16.3. The van der Waals surface area contributed by atoms with E-state index >= 15 is 0 Å². The van der Waals surface area contributed by atoms with Crippen molar-refractivity contribution in [1.29, 1.82) is 0 Å². The molecule has 5 nitrogen and oxygen atoms in total. The van der Waals surface area contributed by atoms with Crippen molar-refractivity contribution in [2.45, 2.75) is 38.4 Å². The number of carbonyl (C=O) groups excluding carboxylic acids is 1. The molecule has 1 saturated carbocycles. The number of carbonyl (C=O) groups is 1. The molecule has 1 N–H and O–H groups in total. The minimum absolute atomic E-state index is 0.00823. The number of nitrogens with one attached hydrogen (secondary N) is 1. The van der Waals surface area contributed by atoms with Crippen LogP contribution in [0.2, 0.25) is 0 Å². The van der Waals surface area contributed by atoms with Gasteiger partial charge in [0.2, 0.25) is 5.91 Å². The fourth-order valence-corrected chi connectivity index (χ4v) is 3.27. The van der Waals surface area contributed by atoms with Gasteiger partial charge in [-0.25, -0.2) is 0 Å². The average Bonchev–Trinajstić information content (AvgIpc) is 3.53. The smallest absolute Gasteiger partial charge is 0.234 e. The standard InChI is InChI=1S/C22H28N2O3/c1-16(17-7-5-4-6-8-17)23-22(25)15-24(19-9-10-19)14-18-13-20(26-2)11-12-21(18)27-3/h4-8,11-13,16,19H,9-10,14-15H2,1-3H3,(H,23,25). The number of hydrogen-bond acceptors (Lipinski definition) is 4. The molecule has 1 fully saturated rings. The molecule has 0 aliphatic heterocycles. The predicted octanol–water partition coefficient (Wildman–Crippen LogP) is 3.55. The van der Waals surface area contributed by atoms with Crippen LogP contribution in [0.5, 0.6) is 11.5 Å². The summed E-state index contributed by atoms with van der Waals surface area (Å²) in [6.07, 6.45) is 2.27. The fraction of sp³-hybridized carbons (Fsp3) is 0.409. The Bertz CT molecular complexity index is 759. The molecule has 2 aromatic rings. The lowest BCUT2D eigenvalue weighted by Crippen LogP contribution is -2.39. The Morgan fingerprint density at radius 2 is 1.89 bits per heavy atom. The van der Waals surface area contributed by atoms with Gasteiger partial charge in [-0.2, -0.15) is 0 Å². The van der Waals surface area contributed by atoms with Crippen LogP contribution in [0, 0.1) is 0 Å². The maximum absolute atomic E-state index is 12.6. The zero-order chi connectivity index (χ0) is 19.2. The van der Waals surface area contributed by atoms with Crippen molar-refractivity contribution in [2.75, 3.05) is 20.8 Å². The van der Waals surface area contributed by atoms with Gasteiger partial charge >= 0.3 is 0 Å². The summed E-state index contributed by atoms with van der Waals surface area (Å²) in [5.41, 5.74) is 2.14. The molecule has 0 saturated heterocycles. The summed E-state index contributed by atoms with van der Waals surface area (Å²) in [7, 11) is 3.32. The van der Waals surface area contributed by atoms with Crippen LogP contribution in [0.4, 0.5) is 0 Å². The second-order valence-corrected chi connectivity index (χ2v) is 7.01. The first-order valence-corrected chi connectivity index (χ1v) is 9.40. The van der Waals surface area contributed by atoms with Crippen LogP contribution in [-0.4, -0.2) is 37.6 Å². The highest BCUT2D eigenvalue weighted by atomic mass is 16.5. The van der Waals surface area contributed by atoms with E-state index in [1.54, 1.807) is 14.2 Å². The summed E-state index contributed by atoms with van der Waals surface area (Å²) < 4.78 is 10.8. The van der Waals surface area contributed by atoms with Crippen molar-refractivity contribution in [3.63, 3.8) is 0 Å². The number of methoxy groups -OCH3 is 2. The molecule has 0 bridgehead atoms. The van der Waals surface area contributed by atoms with Crippen LogP contribution in [0.1, 0.15) is 36.9 Å². The van der Waals surface area contributed by atoms with Gasteiger partial charge in [-0.1, -0.05) is 30.3 Å². The lowest BCUT2D eigenvalue weighted by Gasteiger charge is -2.24. The number of benzene rings is 2. The molecule has 1 atom stereocenters. The largest absolute Gasteiger partial charge is 0.497 e. The summed E-state index contributed by atoms with van der Waals surface area (Å²) in [5.74, 6) is 1.66. The van der Waals surface area contributed by atoms with Crippen LogP contribution in [0.15, 0.2) is 48.5 Å². The van der Waals surface area contributed by atoms with Crippen molar-refractivity contribution in [3.05, 3.63) is 59.7 Å². The number of ether oxygens (including phenoxy) is 2. The van der Waals surface area contributed by atoms with Gasteiger partial charge < -0.3 is 14.8 Å². The van der Waals surface area contributed by atoms with E-state index in [4.69, 9.17) is 9.47 Å². The van der Waals surface area contributed by atoms with E-state index in [2.05, 4.69) is 10.2 Å². The van der Waals surface area contributed by atoms with Gasteiger partial charge in [0.25, 0.3) is 0 Å². The van der Waals surface area contributed by atoms with Gasteiger partial charge in [-0.05, 0) is 43.5 Å². The van der Waals surface area contributed by atoms with Gasteiger partial charge in [0.15, 0.2) is 0 Å². The van der Waals surface area contributed by atoms with Crippen LogP contribution in [0.3, 0.4) is 0 Å². The topological polar surface area (TPSA) is 50.8 Å². The number of rotatable bonds is 9. The lowest BCUT2D eigenvalue weighted by molar-refractivity contribution is -0.123. The van der Waals surface area contributed by atoms with Gasteiger partial charge in [-0.15, -0.1) is 0 Å². The molecule has 0 spiro atoms. The normalized spacial score (nSPS) is 14.7. The van der Waals surface area contributed by atoms with Gasteiger partial charge in [0, 0.05) is 18.2 Å². The highest BCUT2D eigenvalue weighted by Crippen LogP contribution is 2.31. The van der Waals surface area contributed by atoms with Crippen molar-refractivity contribution < 1.29 is 14.3 Å². The SMILES string of the molecule is COc1ccc(OC)c(CN(CC(=O)NC(C)c2ccccc2)C2CC2)c1. The predicted molar refractivity (Wildman–Crippen MR) is 106 cm³/mol. The maximum Gasteiger partial charge on any atom is 0.234 e. The Morgan fingerprint density at radius 3 is 2.52 bits per heavy atom. The molecule has 2 aromatic carbocycles. The number of hydrogen-bond donors (Lipinski definition) is 1. The molecule has 0 aromatic heterocycles. The van der Waals surface area contributed by atoms with Gasteiger partial charge in [-0.3, -0.25) is 9.69 Å². The van der Waals surface area contributed by atoms with E-state index in [-0.39, 0.29) is 11.9 Å². The summed E-state index contributed by atoms with van der Waals surface area (Å²) in [6, 6.07) is 16.3. The van der Waals surface area contributed by atoms with Crippen molar-refractivity contribution in [3.8, 4) is 11.5 Å². The van der Waals surface area contributed by atoms with E-state index in [1.807, 2.05) is 55.5 Å². The van der Waals surface area contributed by atoms with Crippen molar-refractivity contribution in [2.24, 2.45) is 0 Å². The summed E-state index contributed by atoms with van der Waals surface area (Å²) in [5, 5.41) is 3.11. The van der Waals surface area contributed by atoms with Gasteiger partial charge in [0.05, 0.1) is 26.8 Å². The Labute approximate surface area is 161 Å². The maximum atomic E-state index is 12.6. The molecule has 1 unspecified atom stereocenters. The Hall–Kier alpha value is -2.53. The van der Waals surface area contributed by atoms with E-state index in [1.165, 1.54) is 0 Å². The average molecular weight is 368 g/mol. The third-order valence-corrected chi connectivity index (χ3v) is 4.95. The molecule has 3 rings (SSSR count). The highest BCUT2D eigenvalue weighted by molar-refractivity contribution is 5.78. The minimum Gasteiger partial charge on any atom is -0.497 e. The van der Waals surface area contributed by atoms with Crippen molar-refractivity contribution >= 4 is 5.91 Å². The molecular weight excluding hydrogens is 340 g/mol. The second-order valence-electron chi connectivity index (χ2n) is 7.01. The molecule has 144 valence electrons. The zero-order valence-electron chi connectivity index (χ0n) is 16.3. The quantitative estimate of drug-likeness (QED) is 0.735. The van der Waals surface area contributed by atoms with E-state index in [0.29, 0.717) is 19.1 Å². The molecule has 0 radical (unpaired) electrons. The first-order valence-electron chi connectivity index (χ1n) is 9.40. The van der Waals surface area contributed by atoms with Crippen LogP contribution in [0.25, 0.3) is 0 Å². The van der Waals surface area contributed by atoms with Crippen molar-refractivity contribution in [1.82, 2.24) is 10.2 Å². The third-order valence-electron chi connectivity index (χ3n) is 4.95. The molecule has 27 heavy (non-hydrogen) atoms. The third kappa shape index (κ3) is 5.23. The molecular formula is C22H28N2O3. The van der Waals surface area contributed by atoms with Gasteiger partial charge in [0.1, 0.15) is 11.5 Å². The minimum atomic E-state index is -0.00823. The first-order chi connectivity index (χ1) is 13.1. The number of amides is 1. The van der Waals surface area contributed by atoms with E-state index in [9.17, 15) is 4.79 Å². The molecule has 1 aliphatic carbocycles. The summed E-state index contributed by atoms with van der Waals surface area (Å²) >= 11 is 0. The molecule has 1 amide bonds. The Morgan fingerprint density at radius 1 is 1.15 bits per heavy atom. The van der Waals surface area contributed by atoms with Crippen LogP contribution in [-0.2, 0) is 11.3 Å². The highest BCUT2D eigenvalue weighted by Gasteiger charge is 2.31. The summed E-state index contributed by atoms with van der Waals surface area (Å²) in [4.78, 5) is 14.9. The van der Waals surface area contributed by atoms with E-state index in [0.717, 1.165) is 35.5 Å². The second kappa shape index (κ2) is 8.91. The lowest BCUT2D eigenvalue weighted by atomic mass is 10.1. The van der Waals surface area contributed by atoms with Crippen LogP contribution < -0.4 is 14.8 Å². The summed E-state index contributed by atoms with van der Waals surface area (Å²) in [6.45, 7) is 3.06. The molecule has 1 aliphatic rings. The molecule has 5 heteroatoms. The first kappa shape index (κ1) is 19.2. The monoisotopic (exact) mass is 368 g/mol. The molecule has 0 heterocycles.